The molecule has 0 bridgehead atoms. The highest BCUT2D eigenvalue weighted by Crippen LogP contribution is 2.14. The van der Waals surface area contributed by atoms with Crippen LogP contribution in [0.15, 0.2) is 56.3 Å². The van der Waals surface area contributed by atoms with Crippen molar-refractivity contribution in [1.82, 2.24) is 15.1 Å². The lowest BCUT2D eigenvalue weighted by atomic mass is 10.1. The molecule has 1 aromatic carbocycles. The Bertz CT molecular complexity index is 866. The summed E-state index contributed by atoms with van der Waals surface area (Å²) in [5.41, 5.74) is 1.05. The number of benzene rings is 1. The number of amides is 1. The largest absolute Gasteiger partial charge is 0.459 e. The third kappa shape index (κ3) is 3.94. The van der Waals surface area contributed by atoms with Crippen molar-refractivity contribution in [3.05, 3.63) is 63.8 Å². The number of nitrogens with zero attached hydrogens (tertiary/aromatic N) is 2. The maximum atomic E-state index is 11.9. The summed E-state index contributed by atoms with van der Waals surface area (Å²) < 4.78 is 11.0. The lowest BCUT2D eigenvalue weighted by Crippen LogP contribution is -2.32. The minimum Gasteiger partial charge on any atom is -0.459 e. The molecule has 7 nitrogen and oxygen atoms in total. The van der Waals surface area contributed by atoms with Crippen molar-refractivity contribution in [2.45, 2.75) is 13.0 Å². The third-order valence-electron chi connectivity index (χ3n) is 3.28. The van der Waals surface area contributed by atoms with Gasteiger partial charge in [0.1, 0.15) is 6.54 Å². The Balaban J connectivity index is 1.53. The standard InChI is InChI=1S/C16H14ClN3O4/c17-12-5-3-11(4-6-12)7-8-18-14(21)10-20-16(22)24-15(19-20)13-2-1-9-23-13/h1-6,9H,7-8,10H2,(H,18,21). The number of hydrogen-bond acceptors (Lipinski definition) is 5. The molecule has 0 aliphatic rings. The van der Waals surface area contributed by atoms with Gasteiger partial charge < -0.3 is 14.2 Å². The minimum absolute atomic E-state index is 0.0407. The van der Waals surface area contributed by atoms with E-state index in [-0.39, 0.29) is 18.3 Å². The van der Waals surface area contributed by atoms with Crippen LogP contribution in [0, 0.1) is 0 Å². The van der Waals surface area contributed by atoms with Gasteiger partial charge in [-0.25, -0.2) is 4.79 Å². The van der Waals surface area contributed by atoms with E-state index in [0.717, 1.165) is 10.2 Å². The van der Waals surface area contributed by atoms with Crippen LogP contribution in [0.25, 0.3) is 11.7 Å². The van der Waals surface area contributed by atoms with E-state index in [1.807, 2.05) is 12.1 Å². The van der Waals surface area contributed by atoms with Gasteiger partial charge in [0.25, 0.3) is 5.89 Å². The summed E-state index contributed by atoms with van der Waals surface area (Å²) in [4.78, 5) is 23.6. The Morgan fingerprint density at radius 2 is 2.04 bits per heavy atom. The molecule has 0 radical (unpaired) electrons. The van der Waals surface area contributed by atoms with Gasteiger partial charge in [0, 0.05) is 11.6 Å². The highest BCUT2D eigenvalue weighted by Gasteiger charge is 2.14. The van der Waals surface area contributed by atoms with Gasteiger partial charge in [-0.05, 0) is 36.2 Å². The van der Waals surface area contributed by atoms with Crippen LogP contribution in [0.2, 0.25) is 5.02 Å². The number of furan rings is 1. The van der Waals surface area contributed by atoms with E-state index in [0.29, 0.717) is 23.7 Å². The van der Waals surface area contributed by atoms with E-state index in [9.17, 15) is 9.59 Å². The fourth-order valence-corrected chi connectivity index (χ4v) is 2.22. The van der Waals surface area contributed by atoms with E-state index in [1.54, 1.807) is 24.3 Å². The maximum Gasteiger partial charge on any atom is 0.437 e. The van der Waals surface area contributed by atoms with Gasteiger partial charge in [0.2, 0.25) is 5.91 Å². The van der Waals surface area contributed by atoms with Gasteiger partial charge in [-0.3, -0.25) is 4.79 Å². The second-order valence-corrected chi connectivity index (χ2v) is 5.47. The topological polar surface area (TPSA) is 90.3 Å². The number of carbonyl (C=O) groups excluding carboxylic acids is 1. The zero-order valence-corrected chi connectivity index (χ0v) is 13.3. The molecule has 0 aliphatic heterocycles. The SMILES string of the molecule is O=C(Cn1nc(-c2ccco2)oc1=O)NCCc1ccc(Cl)cc1. The molecule has 0 fully saturated rings. The molecule has 0 unspecified atom stereocenters. The average molecular weight is 348 g/mol. The Morgan fingerprint density at radius 1 is 1.25 bits per heavy atom. The molecule has 124 valence electrons. The Morgan fingerprint density at radius 3 is 2.75 bits per heavy atom. The molecule has 0 aliphatic carbocycles. The Hall–Kier alpha value is -2.80. The van der Waals surface area contributed by atoms with Crippen molar-refractivity contribution in [2.24, 2.45) is 0 Å². The molecule has 0 saturated heterocycles. The van der Waals surface area contributed by atoms with E-state index in [1.165, 1.54) is 6.26 Å². The molecule has 3 rings (SSSR count). The molecule has 0 saturated carbocycles. The predicted octanol–water partition coefficient (Wildman–Crippen LogP) is 2.11. The molecule has 8 heteroatoms. The summed E-state index contributed by atoms with van der Waals surface area (Å²) in [5.74, 6) is -0.674. The third-order valence-corrected chi connectivity index (χ3v) is 3.53. The van der Waals surface area contributed by atoms with Crippen LogP contribution in [0.5, 0.6) is 0 Å². The molecule has 0 spiro atoms. The summed E-state index contributed by atoms with van der Waals surface area (Å²) in [7, 11) is 0. The molecule has 2 aromatic heterocycles. The summed E-state index contributed by atoms with van der Waals surface area (Å²) in [6.07, 6.45) is 2.10. The molecule has 1 N–H and O–H groups in total. The highest BCUT2D eigenvalue weighted by atomic mass is 35.5. The minimum atomic E-state index is -0.714. The van der Waals surface area contributed by atoms with Crippen molar-refractivity contribution in [1.29, 1.82) is 0 Å². The van der Waals surface area contributed by atoms with Crippen LogP contribution in [0.1, 0.15) is 5.56 Å². The summed E-state index contributed by atoms with van der Waals surface area (Å²) in [5, 5.41) is 7.33. The second kappa shape index (κ2) is 7.18. The highest BCUT2D eigenvalue weighted by molar-refractivity contribution is 6.30. The number of hydrogen-bond donors (Lipinski definition) is 1. The van der Waals surface area contributed by atoms with Crippen molar-refractivity contribution < 1.29 is 13.6 Å². The molecule has 3 aromatic rings. The number of rotatable bonds is 6. The quantitative estimate of drug-likeness (QED) is 0.737. The zero-order chi connectivity index (χ0) is 16.9. The predicted molar refractivity (Wildman–Crippen MR) is 86.6 cm³/mol. The fraction of sp³-hybridized carbons (Fsp3) is 0.188. The Labute approximate surface area is 141 Å². The lowest BCUT2D eigenvalue weighted by molar-refractivity contribution is -0.121. The van der Waals surface area contributed by atoms with Gasteiger partial charge in [-0.1, -0.05) is 23.7 Å². The number of nitrogens with one attached hydrogen (secondary N) is 1. The number of aromatic nitrogens is 2. The first-order valence-electron chi connectivity index (χ1n) is 7.25. The van der Waals surface area contributed by atoms with Gasteiger partial charge in [0.05, 0.1) is 6.26 Å². The first kappa shape index (κ1) is 16.1. The van der Waals surface area contributed by atoms with Crippen molar-refractivity contribution in [3.63, 3.8) is 0 Å². The van der Waals surface area contributed by atoms with Crippen molar-refractivity contribution in [2.75, 3.05) is 6.54 Å². The Kier molecular flexibility index (Phi) is 4.81. The molecule has 2 heterocycles. The molecule has 1 amide bonds. The van der Waals surface area contributed by atoms with Gasteiger partial charge in [-0.2, -0.15) is 4.68 Å². The summed E-state index contributed by atoms with van der Waals surface area (Å²) in [6.45, 7) is 0.224. The van der Waals surface area contributed by atoms with Crippen LogP contribution in [-0.4, -0.2) is 22.2 Å². The molecular weight excluding hydrogens is 334 g/mol. The van der Waals surface area contributed by atoms with Crippen LogP contribution in [0.3, 0.4) is 0 Å². The van der Waals surface area contributed by atoms with E-state index in [2.05, 4.69) is 10.4 Å². The average Bonchev–Trinajstić information content (AvgIpc) is 3.20. The summed E-state index contributed by atoms with van der Waals surface area (Å²) in [6, 6.07) is 10.6. The molecule has 24 heavy (non-hydrogen) atoms. The lowest BCUT2D eigenvalue weighted by Gasteiger charge is -2.04. The summed E-state index contributed by atoms with van der Waals surface area (Å²) >= 11 is 5.82. The van der Waals surface area contributed by atoms with Crippen LogP contribution < -0.4 is 11.1 Å². The number of halogens is 1. The van der Waals surface area contributed by atoms with Gasteiger partial charge in [0.15, 0.2) is 5.76 Å². The maximum absolute atomic E-state index is 11.9. The van der Waals surface area contributed by atoms with Crippen molar-refractivity contribution >= 4 is 17.5 Å². The normalized spacial score (nSPS) is 10.7. The first-order chi connectivity index (χ1) is 11.6. The van der Waals surface area contributed by atoms with E-state index in [4.69, 9.17) is 20.4 Å². The van der Waals surface area contributed by atoms with Crippen molar-refractivity contribution in [3.8, 4) is 11.7 Å². The van der Waals surface area contributed by atoms with E-state index < -0.39 is 5.76 Å². The van der Waals surface area contributed by atoms with Gasteiger partial charge >= 0.3 is 5.76 Å². The van der Waals surface area contributed by atoms with Crippen LogP contribution in [0.4, 0.5) is 0 Å². The first-order valence-corrected chi connectivity index (χ1v) is 7.62. The molecule has 0 atom stereocenters. The van der Waals surface area contributed by atoms with Crippen LogP contribution in [-0.2, 0) is 17.8 Å². The monoisotopic (exact) mass is 347 g/mol. The van der Waals surface area contributed by atoms with Crippen LogP contribution >= 0.6 is 11.6 Å². The fourth-order valence-electron chi connectivity index (χ4n) is 2.10. The van der Waals surface area contributed by atoms with E-state index >= 15 is 0 Å². The number of carbonyl (C=O) groups is 1. The molecular formula is C16H14ClN3O4. The smallest absolute Gasteiger partial charge is 0.437 e. The van der Waals surface area contributed by atoms with Gasteiger partial charge in [-0.15, -0.1) is 5.10 Å². The second-order valence-electron chi connectivity index (χ2n) is 5.03. The zero-order valence-electron chi connectivity index (χ0n) is 12.6.